The predicted molar refractivity (Wildman–Crippen MR) is 68.8 cm³/mol. The molecule has 0 aliphatic carbocycles. The average Bonchev–Trinajstić information content (AvgIpc) is 2.71. The minimum atomic E-state index is -0.214. The van der Waals surface area contributed by atoms with Gasteiger partial charge in [-0.1, -0.05) is 23.7 Å². The van der Waals surface area contributed by atoms with E-state index in [9.17, 15) is 4.79 Å². The second kappa shape index (κ2) is 3.96. The van der Waals surface area contributed by atoms with Crippen LogP contribution in [0.1, 0.15) is 5.82 Å². The second-order valence-electron chi connectivity index (χ2n) is 3.92. The van der Waals surface area contributed by atoms with Gasteiger partial charge in [-0.15, -0.1) is 5.10 Å². The molecule has 0 radical (unpaired) electrons. The Balaban J connectivity index is 2.24. The molecule has 5 nitrogen and oxygen atoms in total. The lowest BCUT2D eigenvalue weighted by Gasteiger charge is -2.01. The topological polar surface area (TPSA) is 63.0 Å². The molecule has 1 aromatic carbocycles. The van der Waals surface area contributed by atoms with Gasteiger partial charge in [0.15, 0.2) is 0 Å². The van der Waals surface area contributed by atoms with Crippen LogP contribution in [0.2, 0.25) is 5.02 Å². The lowest BCUT2D eigenvalue weighted by molar-refractivity contribution is 0.882. The Bertz CT molecular complexity index is 773. The number of nitrogens with one attached hydrogen (secondary N) is 1. The smallest absolute Gasteiger partial charge is 0.276 e. The van der Waals surface area contributed by atoms with E-state index >= 15 is 0 Å². The Labute approximate surface area is 107 Å². The summed E-state index contributed by atoms with van der Waals surface area (Å²) in [6.07, 6.45) is 0. The fourth-order valence-corrected chi connectivity index (χ4v) is 1.90. The number of hydrogen-bond donors (Lipinski definition) is 1. The third-order valence-electron chi connectivity index (χ3n) is 2.59. The summed E-state index contributed by atoms with van der Waals surface area (Å²) in [5.74, 6) is 0.988. The van der Waals surface area contributed by atoms with Crippen LogP contribution in [0.3, 0.4) is 0 Å². The number of halogens is 1. The van der Waals surface area contributed by atoms with Crippen LogP contribution in [0, 0.1) is 6.92 Å². The van der Waals surface area contributed by atoms with Crippen LogP contribution in [0.5, 0.6) is 0 Å². The largest absolute Gasteiger partial charge is 0.323 e. The average molecular weight is 261 g/mol. The van der Waals surface area contributed by atoms with Crippen LogP contribution < -0.4 is 5.56 Å². The fourth-order valence-electron chi connectivity index (χ4n) is 1.78. The van der Waals surface area contributed by atoms with Gasteiger partial charge in [-0.25, -0.2) is 0 Å². The first-order valence-corrected chi connectivity index (χ1v) is 5.74. The summed E-state index contributed by atoms with van der Waals surface area (Å²) < 4.78 is 1.24. The standard InChI is InChI=1S/C12H9ClN4O/c1-7-14-12-15-10(6-11(18)17(12)16-7)8-2-4-9(13)5-3-8/h2-6H,1H3,(H,14,15,16). The molecular formula is C12H9ClN4O. The van der Waals surface area contributed by atoms with Crippen molar-refractivity contribution in [3.05, 3.63) is 51.5 Å². The van der Waals surface area contributed by atoms with Crippen LogP contribution in [0.15, 0.2) is 35.1 Å². The van der Waals surface area contributed by atoms with Crippen molar-refractivity contribution in [2.75, 3.05) is 0 Å². The molecule has 0 saturated carbocycles. The van der Waals surface area contributed by atoms with Gasteiger partial charge in [-0.2, -0.15) is 9.50 Å². The van der Waals surface area contributed by atoms with Crippen LogP contribution in [0.25, 0.3) is 17.0 Å². The van der Waals surface area contributed by atoms with Gasteiger partial charge in [0.05, 0.1) is 5.69 Å². The number of aromatic amines is 1. The monoisotopic (exact) mass is 260 g/mol. The van der Waals surface area contributed by atoms with Crippen LogP contribution in [0.4, 0.5) is 0 Å². The summed E-state index contributed by atoms with van der Waals surface area (Å²) in [6.45, 7) is 1.74. The summed E-state index contributed by atoms with van der Waals surface area (Å²) >= 11 is 5.83. The van der Waals surface area contributed by atoms with Crippen molar-refractivity contribution < 1.29 is 0 Å². The van der Waals surface area contributed by atoms with Gasteiger partial charge >= 0.3 is 0 Å². The van der Waals surface area contributed by atoms with Gasteiger partial charge in [0.1, 0.15) is 5.82 Å². The number of fused-ring (bicyclic) bond motifs is 1. The van der Waals surface area contributed by atoms with E-state index in [1.165, 1.54) is 10.6 Å². The van der Waals surface area contributed by atoms with Gasteiger partial charge in [0.25, 0.3) is 5.56 Å². The molecule has 0 fully saturated rings. The van der Waals surface area contributed by atoms with Crippen molar-refractivity contribution in [1.29, 1.82) is 0 Å². The van der Waals surface area contributed by atoms with E-state index in [2.05, 4.69) is 15.1 Å². The SMILES string of the molecule is Cc1nc2[nH]c(-c3ccc(Cl)cc3)cc(=O)n2n1. The first-order chi connectivity index (χ1) is 8.63. The van der Waals surface area contributed by atoms with E-state index in [1.54, 1.807) is 19.1 Å². The summed E-state index contributed by atoms with van der Waals surface area (Å²) in [5.41, 5.74) is 1.35. The second-order valence-corrected chi connectivity index (χ2v) is 4.36. The predicted octanol–water partition coefficient (Wildman–Crippen LogP) is 2.05. The molecule has 0 bridgehead atoms. The third-order valence-corrected chi connectivity index (χ3v) is 2.84. The number of aryl methyl sites for hydroxylation is 1. The van der Waals surface area contributed by atoms with E-state index in [0.717, 1.165) is 5.56 Å². The third kappa shape index (κ3) is 1.78. The Hall–Kier alpha value is -2.14. The van der Waals surface area contributed by atoms with Crippen LogP contribution in [-0.4, -0.2) is 19.6 Å². The minimum absolute atomic E-state index is 0.214. The van der Waals surface area contributed by atoms with E-state index in [-0.39, 0.29) is 5.56 Å². The highest BCUT2D eigenvalue weighted by molar-refractivity contribution is 6.30. The number of hydrogen-bond acceptors (Lipinski definition) is 3. The molecular weight excluding hydrogens is 252 g/mol. The molecule has 6 heteroatoms. The molecule has 18 heavy (non-hydrogen) atoms. The number of rotatable bonds is 1. The zero-order chi connectivity index (χ0) is 12.7. The number of benzene rings is 1. The zero-order valence-corrected chi connectivity index (χ0v) is 10.3. The van der Waals surface area contributed by atoms with E-state index < -0.39 is 0 Å². The number of nitrogens with zero attached hydrogens (tertiary/aromatic N) is 3. The summed E-state index contributed by atoms with van der Waals surface area (Å²) in [5, 5.41) is 4.66. The summed E-state index contributed by atoms with van der Waals surface area (Å²) in [6, 6.07) is 8.72. The van der Waals surface area contributed by atoms with Crippen molar-refractivity contribution in [3.8, 4) is 11.3 Å². The molecule has 3 rings (SSSR count). The molecule has 0 aliphatic heterocycles. The number of aromatic nitrogens is 4. The van der Waals surface area contributed by atoms with Crippen LogP contribution in [-0.2, 0) is 0 Å². The normalized spacial score (nSPS) is 11.0. The summed E-state index contributed by atoms with van der Waals surface area (Å²) in [7, 11) is 0. The quantitative estimate of drug-likeness (QED) is 0.728. The maximum Gasteiger partial charge on any atom is 0.276 e. The molecule has 2 aromatic heterocycles. The van der Waals surface area contributed by atoms with Gasteiger partial charge in [0.2, 0.25) is 5.78 Å². The Morgan fingerprint density at radius 2 is 2.00 bits per heavy atom. The van der Waals surface area contributed by atoms with Gasteiger partial charge in [-0.3, -0.25) is 4.79 Å². The highest BCUT2D eigenvalue weighted by atomic mass is 35.5. The highest BCUT2D eigenvalue weighted by Gasteiger charge is 2.06. The van der Waals surface area contributed by atoms with Crippen molar-refractivity contribution >= 4 is 17.4 Å². The fraction of sp³-hybridized carbons (Fsp3) is 0.0833. The molecule has 0 saturated heterocycles. The minimum Gasteiger partial charge on any atom is -0.323 e. The lowest BCUT2D eigenvalue weighted by Crippen LogP contribution is -2.14. The first-order valence-electron chi connectivity index (χ1n) is 5.36. The number of H-pyrrole nitrogens is 1. The van der Waals surface area contributed by atoms with Crippen molar-refractivity contribution in [1.82, 2.24) is 19.6 Å². The maximum atomic E-state index is 11.9. The van der Waals surface area contributed by atoms with E-state index in [4.69, 9.17) is 11.6 Å². The molecule has 2 heterocycles. The Morgan fingerprint density at radius 1 is 1.28 bits per heavy atom. The molecule has 0 atom stereocenters. The molecule has 1 N–H and O–H groups in total. The molecule has 0 amide bonds. The van der Waals surface area contributed by atoms with Gasteiger partial charge in [-0.05, 0) is 24.6 Å². The van der Waals surface area contributed by atoms with Gasteiger partial charge < -0.3 is 4.98 Å². The van der Waals surface area contributed by atoms with Gasteiger partial charge in [0, 0.05) is 11.1 Å². The zero-order valence-electron chi connectivity index (χ0n) is 9.51. The van der Waals surface area contributed by atoms with E-state index in [0.29, 0.717) is 22.3 Å². The van der Waals surface area contributed by atoms with E-state index in [1.807, 2.05) is 12.1 Å². The Kier molecular flexibility index (Phi) is 2.41. The maximum absolute atomic E-state index is 11.9. The van der Waals surface area contributed by atoms with Crippen molar-refractivity contribution in [2.45, 2.75) is 6.92 Å². The first kappa shape index (κ1) is 11.0. The van der Waals surface area contributed by atoms with Crippen molar-refractivity contribution in [3.63, 3.8) is 0 Å². The molecule has 3 aromatic rings. The van der Waals surface area contributed by atoms with Crippen molar-refractivity contribution in [2.24, 2.45) is 0 Å². The molecule has 90 valence electrons. The Morgan fingerprint density at radius 3 is 2.72 bits per heavy atom. The molecule has 0 spiro atoms. The molecule has 0 aliphatic rings. The highest BCUT2D eigenvalue weighted by Crippen LogP contribution is 2.18. The lowest BCUT2D eigenvalue weighted by atomic mass is 10.1. The molecule has 0 unspecified atom stereocenters. The van der Waals surface area contributed by atoms with Crippen LogP contribution >= 0.6 is 11.6 Å². The summed E-state index contributed by atoms with van der Waals surface area (Å²) in [4.78, 5) is 19.1.